The fourth-order valence-electron chi connectivity index (χ4n) is 2.97. The van der Waals surface area contributed by atoms with E-state index in [2.05, 4.69) is 51.0 Å². The molecule has 1 saturated heterocycles. The summed E-state index contributed by atoms with van der Waals surface area (Å²) in [5.41, 5.74) is 1.25. The largest absolute Gasteiger partial charge is 0.359 e. The lowest BCUT2D eigenvalue weighted by atomic mass is 9.93. The number of thioether (sulfide) groups is 1. The molecule has 0 unspecified atom stereocenters. The quantitative estimate of drug-likeness (QED) is 0.487. The van der Waals surface area contributed by atoms with E-state index in [-0.39, 0.29) is 5.91 Å². The maximum Gasteiger partial charge on any atom is 0.220 e. The van der Waals surface area contributed by atoms with Gasteiger partial charge >= 0.3 is 0 Å². The molecule has 0 atom stereocenters. The van der Waals surface area contributed by atoms with Gasteiger partial charge in [-0.05, 0) is 42.7 Å². The third-order valence-electron chi connectivity index (χ3n) is 4.49. The molecule has 2 rings (SSSR count). The van der Waals surface area contributed by atoms with Gasteiger partial charge in [0.05, 0.1) is 0 Å². The van der Waals surface area contributed by atoms with Gasteiger partial charge in [0.1, 0.15) is 0 Å². The number of likely N-dealkylation sites (tertiary alicyclic amines) is 1. The van der Waals surface area contributed by atoms with Crippen molar-refractivity contribution in [2.45, 2.75) is 30.7 Å². The van der Waals surface area contributed by atoms with Gasteiger partial charge in [-0.25, -0.2) is 0 Å². The Morgan fingerprint density at radius 3 is 2.50 bits per heavy atom. The third kappa shape index (κ3) is 5.44. The number of rotatable bonds is 5. The van der Waals surface area contributed by atoms with Gasteiger partial charge < -0.3 is 15.5 Å². The first-order valence-electron chi connectivity index (χ1n) is 8.45. The van der Waals surface area contributed by atoms with Gasteiger partial charge in [-0.1, -0.05) is 12.1 Å². The summed E-state index contributed by atoms with van der Waals surface area (Å²) in [5.74, 6) is 1.57. The van der Waals surface area contributed by atoms with Crippen LogP contribution >= 0.6 is 11.8 Å². The van der Waals surface area contributed by atoms with Gasteiger partial charge in [0.2, 0.25) is 5.91 Å². The van der Waals surface area contributed by atoms with E-state index in [1.54, 1.807) is 18.8 Å². The summed E-state index contributed by atoms with van der Waals surface area (Å²) >= 11 is 1.75. The van der Waals surface area contributed by atoms with Gasteiger partial charge in [0.25, 0.3) is 0 Å². The second kappa shape index (κ2) is 9.57. The lowest BCUT2D eigenvalue weighted by molar-refractivity contribution is -0.121. The molecular weight excluding hydrogens is 320 g/mol. The Labute approximate surface area is 149 Å². The lowest BCUT2D eigenvalue weighted by Crippen LogP contribution is -2.45. The number of carbonyl (C=O) groups excluding carboxylic acids is 1. The van der Waals surface area contributed by atoms with Crippen molar-refractivity contribution in [2.75, 3.05) is 33.4 Å². The Bertz CT molecular complexity index is 551. The van der Waals surface area contributed by atoms with Crippen molar-refractivity contribution in [2.24, 2.45) is 10.9 Å². The molecule has 6 heteroatoms. The molecule has 0 spiro atoms. The topological polar surface area (TPSA) is 56.7 Å². The van der Waals surface area contributed by atoms with Gasteiger partial charge in [0, 0.05) is 45.0 Å². The Morgan fingerprint density at radius 1 is 1.29 bits per heavy atom. The van der Waals surface area contributed by atoms with Gasteiger partial charge in [-0.2, -0.15) is 0 Å². The molecule has 1 aliphatic rings. The smallest absolute Gasteiger partial charge is 0.220 e. The third-order valence-corrected chi connectivity index (χ3v) is 5.23. The average molecular weight is 349 g/mol. The van der Waals surface area contributed by atoms with Crippen LogP contribution in [0.1, 0.15) is 24.8 Å². The molecule has 132 valence electrons. The van der Waals surface area contributed by atoms with E-state index in [0.29, 0.717) is 12.3 Å². The fraction of sp³-hybridized carbons (Fsp3) is 0.556. The van der Waals surface area contributed by atoms with Crippen LogP contribution in [0.3, 0.4) is 0 Å². The summed E-state index contributed by atoms with van der Waals surface area (Å²) in [6, 6.07) is 8.60. The minimum atomic E-state index is 0.143. The summed E-state index contributed by atoms with van der Waals surface area (Å²) in [4.78, 5) is 19.5. The van der Waals surface area contributed by atoms with E-state index >= 15 is 0 Å². The Balaban J connectivity index is 1.81. The standard InChI is InChI=1S/C18H28N4OS/c1-19-17(23)12-14-8-10-22(11-9-14)18(20-2)21-13-15-4-6-16(24-3)7-5-15/h4-7,14H,8-13H2,1-3H3,(H,19,23)(H,20,21). The van der Waals surface area contributed by atoms with Crippen molar-refractivity contribution >= 4 is 23.6 Å². The molecule has 1 amide bonds. The number of hydrogen-bond acceptors (Lipinski definition) is 3. The number of carbonyl (C=O) groups is 1. The van der Waals surface area contributed by atoms with Crippen molar-refractivity contribution in [3.63, 3.8) is 0 Å². The number of nitrogens with zero attached hydrogens (tertiary/aromatic N) is 2. The molecule has 1 fully saturated rings. The Kier molecular flexibility index (Phi) is 7.43. The first-order chi connectivity index (χ1) is 11.7. The number of piperidine rings is 1. The number of benzene rings is 1. The van der Waals surface area contributed by atoms with Crippen LogP contribution in [-0.2, 0) is 11.3 Å². The van der Waals surface area contributed by atoms with Crippen molar-refractivity contribution in [1.29, 1.82) is 0 Å². The molecular formula is C18H28N4OS. The van der Waals surface area contributed by atoms with Gasteiger partial charge in [-0.15, -0.1) is 11.8 Å². The Hall–Kier alpha value is -1.69. The van der Waals surface area contributed by atoms with Crippen LogP contribution in [0.15, 0.2) is 34.2 Å². The average Bonchev–Trinajstić information content (AvgIpc) is 2.63. The zero-order valence-corrected chi connectivity index (χ0v) is 15.7. The van der Waals surface area contributed by atoms with E-state index in [1.165, 1.54) is 10.5 Å². The van der Waals surface area contributed by atoms with Crippen molar-refractivity contribution in [1.82, 2.24) is 15.5 Å². The van der Waals surface area contributed by atoms with Crippen LogP contribution in [0.2, 0.25) is 0 Å². The minimum absolute atomic E-state index is 0.143. The monoisotopic (exact) mass is 348 g/mol. The Morgan fingerprint density at radius 2 is 1.96 bits per heavy atom. The predicted octanol–water partition coefficient (Wildman–Crippen LogP) is 2.33. The second-order valence-corrected chi connectivity index (χ2v) is 6.94. The van der Waals surface area contributed by atoms with Gasteiger partial charge in [0.15, 0.2) is 5.96 Å². The fourth-order valence-corrected chi connectivity index (χ4v) is 3.38. The number of aliphatic imine (C=N–C) groups is 1. The van der Waals surface area contributed by atoms with Crippen LogP contribution in [0, 0.1) is 5.92 Å². The van der Waals surface area contributed by atoms with E-state index in [0.717, 1.165) is 38.4 Å². The molecule has 0 bridgehead atoms. The molecule has 0 saturated carbocycles. The predicted molar refractivity (Wildman–Crippen MR) is 101 cm³/mol. The molecule has 0 aliphatic carbocycles. The lowest BCUT2D eigenvalue weighted by Gasteiger charge is -2.34. The van der Waals surface area contributed by atoms with Crippen LogP contribution in [0.5, 0.6) is 0 Å². The minimum Gasteiger partial charge on any atom is -0.359 e. The summed E-state index contributed by atoms with van der Waals surface area (Å²) in [5, 5.41) is 6.16. The second-order valence-electron chi connectivity index (χ2n) is 6.06. The van der Waals surface area contributed by atoms with Crippen LogP contribution < -0.4 is 10.6 Å². The van der Waals surface area contributed by atoms with Crippen molar-refractivity contribution in [3.05, 3.63) is 29.8 Å². The van der Waals surface area contributed by atoms with E-state index in [1.807, 2.05) is 7.05 Å². The molecule has 5 nitrogen and oxygen atoms in total. The highest BCUT2D eigenvalue weighted by atomic mass is 32.2. The van der Waals surface area contributed by atoms with Crippen LogP contribution in [0.4, 0.5) is 0 Å². The maximum absolute atomic E-state index is 11.5. The molecule has 0 aromatic heterocycles. The van der Waals surface area contributed by atoms with E-state index in [4.69, 9.17) is 0 Å². The summed E-state index contributed by atoms with van der Waals surface area (Å²) in [6.45, 7) is 2.68. The first kappa shape index (κ1) is 18.6. The normalized spacial score (nSPS) is 16.1. The van der Waals surface area contributed by atoms with Crippen molar-refractivity contribution < 1.29 is 4.79 Å². The molecule has 1 aliphatic heterocycles. The van der Waals surface area contributed by atoms with Crippen LogP contribution in [-0.4, -0.2) is 50.2 Å². The highest BCUT2D eigenvalue weighted by Gasteiger charge is 2.22. The summed E-state index contributed by atoms with van der Waals surface area (Å²) < 4.78 is 0. The molecule has 1 heterocycles. The first-order valence-corrected chi connectivity index (χ1v) is 9.67. The molecule has 24 heavy (non-hydrogen) atoms. The molecule has 1 aromatic rings. The van der Waals surface area contributed by atoms with Crippen LogP contribution in [0.25, 0.3) is 0 Å². The zero-order chi connectivity index (χ0) is 17.4. The number of amides is 1. The number of nitrogens with one attached hydrogen (secondary N) is 2. The van der Waals surface area contributed by atoms with Gasteiger partial charge in [-0.3, -0.25) is 9.79 Å². The number of hydrogen-bond donors (Lipinski definition) is 2. The highest BCUT2D eigenvalue weighted by Crippen LogP contribution is 2.20. The highest BCUT2D eigenvalue weighted by molar-refractivity contribution is 7.98. The van der Waals surface area contributed by atoms with E-state index < -0.39 is 0 Å². The summed E-state index contributed by atoms with van der Waals surface area (Å²) in [7, 11) is 3.53. The zero-order valence-electron chi connectivity index (χ0n) is 14.8. The maximum atomic E-state index is 11.5. The molecule has 2 N–H and O–H groups in total. The molecule has 1 aromatic carbocycles. The van der Waals surface area contributed by atoms with E-state index in [9.17, 15) is 4.79 Å². The molecule has 0 radical (unpaired) electrons. The van der Waals surface area contributed by atoms with Crippen molar-refractivity contribution in [3.8, 4) is 0 Å². The number of guanidine groups is 1. The SMILES string of the molecule is CN=C(NCc1ccc(SC)cc1)N1CCC(CC(=O)NC)CC1. The summed E-state index contributed by atoms with van der Waals surface area (Å²) in [6.07, 6.45) is 4.80.